The highest BCUT2D eigenvalue weighted by molar-refractivity contribution is 6.35. The van der Waals surface area contributed by atoms with Gasteiger partial charge in [-0.05, 0) is 25.1 Å². The number of aromatic nitrogens is 3. The number of benzene rings is 1. The van der Waals surface area contributed by atoms with Crippen LogP contribution in [-0.2, 0) is 0 Å². The second-order valence-corrected chi connectivity index (χ2v) is 5.16. The number of nitrogens with one attached hydrogen (secondary N) is 1. The van der Waals surface area contributed by atoms with Crippen molar-refractivity contribution >= 4 is 22.4 Å². The fourth-order valence-corrected chi connectivity index (χ4v) is 2.56. The van der Waals surface area contributed by atoms with Gasteiger partial charge in [-0.2, -0.15) is 5.10 Å². The molecule has 21 heavy (non-hydrogen) atoms. The van der Waals surface area contributed by atoms with Crippen molar-refractivity contribution in [2.45, 2.75) is 13.0 Å². The van der Waals surface area contributed by atoms with Gasteiger partial charge in [-0.15, -0.1) is 0 Å². The summed E-state index contributed by atoms with van der Waals surface area (Å²) in [4.78, 5) is 12.7. The zero-order chi connectivity index (χ0) is 15.1. The lowest BCUT2D eigenvalue weighted by Gasteiger charge is -2.15. The molecule has 0 aliphatic rings. The van der Waals surface area contributed by atoms with Gasteiger partial charge in [0.15, 0.2) is 5.82 Å². The molecule has 0 bridgehead atoms. The summed E-state index contributed by atoms with van der Waals surface area (Å²) in [6.45, 7) is 1.71. The van der Waals surface area contributed by atoms with Crippen LogP contribution < -0.4 is 11.3 Å². The van der Waals surface area contributed by atoms with Gasteiger partial charge < -0.3 is 5.73 Å². The van der Waals surface area contributed by atoms with E-state index in [1.54, 1.807) is 19.2 Å². The van der Waals surface area contributed by atoms with Crippen LogP contribution in [-0.4, -0.2) is 14.8 Å². The highest BCUT2D eigenvalue weighted by Gasteiger charge is 2.18. The zero-order valence-corrected chi connectivity index (χ0v) is 11.9. The third-order valence-electron chi connectivity index (χ3n) is 3.29. The molecule has 7 heteroatoms. The maximum atomic E-state index is 14.0. The first kappa shape index (κ1) is 13.8. The predicted octanol–water partition coefficient (Wildman–Crippen LogP) is 2.53. The van der Waals surface area contributed by atoms with Crippen molar-refractivity contribution in [2.75, 3.05) is 0 Å². The first-order valence-electron chi connectivity index (χ1n) is 6.30. The Morgan fingerprint density at radius 3 is 2.81 bits per heavy atom. The first-order valence-corrected chi connectivity index (χ1v) is 6.68. The summed E-state index contributed by atoms with van der Waals surface area (Å²) in [7, 11) is 0. The van der Waals surface area contributed by atoms with E-state index < -0.39 is 17.4 Å². The van der Waals surface area contributed by atoms with Crippen LogP contribution in [0.2, 0.25) is 5.02 Å². The molecule has 0 aliphatic heterocycles. The highest BCUT2D eigenvalue weighted by atomic mass is 35.5. The van der Waals surface area contributed by atoms with Gasteiger partial charge in [0.1, 0.15) is 5.82 Å². The van der Waals surface area contributed by atoms with E-state index in [-0.39, 0.29) is 15.8 Å². The highest BCUT2D eigenvalue weighted by Crippen LogP contribution is 2.26. The molecule has 0 radical (unpaired) electrons. The third kappa shape index (κ3) is 2.12. The molecule has 0 amide bonds. The average Bonchev–Trinajstić information content (AvgIpc) is 2.95. The minimum Gasteiger partial charge on any atom is -0.323 e. The smallest absolute Gasteiger partial charge is 0.266 e. The van der Waals surface area contributed by atoms with Gasteiger partial charge in [-0.1, -0.05) is 11.6 Å². The number of pyridine rings is 1. The molecule has 0 saturated carbocycles. The van der Waals surface area contributed by atoms with E-state index in [4.69, 9.17) is 17.3 Å². The van der Waals surface area contributed by atoms with Crippen LogP contribution in [0.4, 0.5) is 4.39 Å². The quantitative estimate of drug-likeness (QED) is 0.764. The summed E-state index contributed by atoms with van der Waals surface area (Å²) in [5.41, 5.74) is 5.93. The normalized spacial score (nSPS) is 12.8. The Morgan fingerprint density at radius 1 is 1.43 bits per heavy atom. The van der Waals surface area contributed by atoms with Crippen LogP contribution in [0.1, 0.15) is 18.7 Å². The molecule has 0 fully saturated rings. The Balaban J connectivity index is 2.52. The summed E-state index contributed by atoms with van der Waals surface area (Å²) in [5.74, 6) is -0.128. The summed E-state index contributed by atoms with van der Waals surface area (Å²) in [6.07, 6.45) is 1.59. The minimum absolute atomic E-state index is 0.115. The van der Waals surface area contributed by atoms with Gasteiger partial charge in [0.25, 0.3) is 5.56 Å². The Hall–Kier alpha value is -2.18. The van der Waals surface area contributed by atoms with E-state index in [0.29, 0.717) is 11.5 Å². The molecule has 2 heterocycles. The Kier molecular flexibility index (Phi) is 3.27. The largest absolute Gasteiger partial charge is 0.323 e. The van der Waals surface area contributed by atoms with E-state index in [1.165, 1.54) is 22.8 Å². The number of aromatic amines is 1. The number of hydrogen-bond donors (Lipinski definition) is 2. The Labute approximate surface area is 124 Å². The number of hydrogen-bond acceptors (Lipinski definition) is 3. The average molecular weight is 307 g/mol. The molecular weight excluding hydrogens is 295 g/mol. The fourth-order valence-electron chi connectivity index (χ4n) is 2.32. The number of halogens is 2. The predicted molar refractivity (Wildman–Crippen MR) is 79.3 cm³/mol. The lowest BCUT2D eigenvalue weighted by molar-refractivity contribution is 0.638. The van der Waals surface area contributed by atoms with Crippen LogP contribution in [0.15, 0.2) is 35.3 Å². The van der Waals surface area contributed by atoms with Crippen LogP contribution in [0.5, 0.6) is 0 Å². The fraction of sp³-hybridized carbons (Fsp3) is 0.143. The molecule has 2 aromatic heterocycles. The van der Waals surface area contributed by atoms with Crippen LogP contribution >= 0.6 is 11.6 Å². The first-order chi connectivity index (χ1) is 10.0. The monoisotopic (exact) mass is 306 g/mol. The second-order valence-electron chi connectivity index (χ2n) is 4.75. The lowest BCUT2D eigenvalue weighted by Crippen LogP contribution is -2.26. The molecular formula is C14H12ClFN4O. The van der Waals surface area contributed by atoms with Gasteiger partial charge in [0, 0.05) is 29.4 Å². The van der Waals surface area contributed by atoms with Crippen molar-refractivity contribution in [1.82, 2.24) is 14.8 Å². The SMILES string of the molecule is CC(N)c1cc2c(F)ccc(Cl)c2c(=O)n1-c1cc[nH]n1. The molecule has 0 aliphatic carbocycles. The second kappa shape index (κ2) is 4.98. The summed E-state index contributed by atoms with van der Waals surface area (Å²) in [6, 6.07) is 5.29. The maximum Gasteiger partial charge on any atom is 0.266 e. The molecule has 0 saturated heterocycles. The van der Waals surface area contributed by atoms with Crippen molar-refractivity contribution < 1.29 is 4.39 Å². The number of nitrogens with two attached hydrogens (primary N) is 1. The number of nitrogens with zero attached hydrogens (tertiary/aromatic N) is 2. The topological polar surface area (TPSA) is 76.7 Å². The van der Waals surface area contributed by atoms with E-state index in [2.05, 4.69) is 10.2 Å². The Bertz CT molecular complexity index is 871. The van der Waals surface area contributed by atoms with Crippen molar-refractivity contribution in [1.29, 1.82) is 0 Å². The van der Waals surface area contributed by atoms with Gasteiger partial charge in [-0.3, -0.25) is 14.5 Å². The summed E-state index contributed by atoms with van der Waals surface area (Å²) in [5, 5.41) is 7.10. The van der Waals surface area contributed by atoms with Crippen molar-refractivity contribution in [2.24, 2.45) is 5.73 Å². The summed E-state index contributed by atoms with van der Waals surface area (Å²) < 4.78 is 15.3. The van der Waals surface area contributed by atoms with Crippen LogP contribution in [0, 0.1) is 5.82 Å². The molecule has 108 valence electrons. The number of H-pyrrole nitrogens is 1. The van der Waals surface area contributed by atoms with E-state index in [0.717, 1.165) is 0 Å². The molecule has 1 atom stereocenters. The number of fused-ring (bicyclic) bond motifs is 1. The zero-order valence-electron chi connectivity index (χ0n) is 11.1. The van der Waals surface area contributed by atoms with Crippen LogP contribution in [0.3, 0.4) is 0 Å². The molecule has 1 aromatic carbocycles. The Morgan fingerprint density at radius 2 is 2.19 bits per heavy atom. The molecule has 3 N–H and O–H groups in total. The lowest BCUT2D eigenvalue weighted by atomic mass is 10.1. The van der Waals surface area contributed by atoms with Crippen molar-refractivity contribution in [3.05, 3.63) is 57.3 Å². The molecule has 5 nitrogen and oxygen atoms in total. The van der Waals surface area contributed by atoms with Crippen LogP contribution in [0.25, 0.3) is 16.6 Å². The van der Waals surface area contributed by atoms with E-state index >= 15 is 0 Å². The van der Waals surface area contributed by atoms with Crippen molar-refractivity contribution in [3.63, 3.8) is 0 Å². The van der Waals surface area contributed by atoms with Gasteiger partial charge in [-0.25, -0.2) is 4.39 Å². The molecule has 3 aromatic rings. The van der Waals surface area contributed by atoms with Gasteiger partial charge in [0.05, 0.1) is 10.4 Å². The van der Waals surface area contributed by atoms with Gasteiger partial charge in [0.2, 0.25) is 0 Å². The number of rotatable bonds is 2. The van der Waals surface area contributed by atoms with E-state index in [9.17, 15) is 9.18 Å². The maximum absolute atomic E-state index is 14.0. The molecule has 1 unspecified atom stereocenters. The van der Waals surface area contributed by atoms with Crippen molar-refractivity contribution in [3.8, 4) is 5.82 Å². The standard InChI is InChI=1S/C14H12ClFN4O/c1-7(17)11-6-8-10(16)3-2-9(15)13(8)14(21)20(11)12-4-5-18-19-12/h2-7H,17H2,1H3,(H,18,19). The van der Waals surface area contributed by atoms with E-state index in [1.807, 2.05) is 0 Å². The third-order valence-corrected chi connectivity index (χ3v) is 3.61. The molecule has 3 rings (SSSR count). The minimum atomic E-state index is -0.512. The molecule has 0 spiro atoms. The van der Waals surface area contributed by atoms with Gasteiger partial charge >= 0.3 is 0 Å². The summed E-state index contributed by atoms with van der Waals surface area (Å²) >= 11 is 6.06.